The Hall–Kier alpha value is -0.950. The van der Waals surface area contributed by atoms with Gasteiger partial charge in [0.1, 0.15) is 4.64 Å². The third-order valence-corrected chi connectivity index (χ3v) is 5.87. The van der Waals surface area contributed by atoms with Crippen LogP contribution in [0.1, 0.15) is 30.1 Å². The maximum absolute atomic E-state index is 12.0. The summed E-state index contributed by atoms with van der Waals surface area (Å²) in [4.78, 5) is 14.7. The van der Waals surface area contributed by atoms with Crippen LogP contribution < -0.4 is 5.69 Å². The van der Waals surface area contributed by atoms with Gasteiger partial charge in [0, 0.05) is 11.3 Å². The molecule has 0 aromatic carbocycles. The van der Waals surface area contributed by atoms with Gasteiger partial charge in [-0.2, -0.15) is 0 Å². The molecule has 1 aliphatic heterocycles. The topological polar surface area (TPSA) is 71.9 Å². The van der Waals surface area contributed by atoms with Crippen LogP contribution in [0.2, 0.25) is 0 Å². The summed E-state index contributed by atoms with van der Waals surface area (Å²) < 4.78 is 25.3. The van der Waals surface area contributed by atoms with E-state index in [-0.39, 0.29) is 23.2 Å². The van der Waals surface area contributed by atoms with Crippen LogP contribution in [0.3, 0.4) is 0 Å². The molecule has 3 rings (SSSR count). The highest BCUT2D eigenvalue weighted by molar-refractivity contribution is 7.91. The van der Waals surface area contributed by atoms with Gasteiger partial charge in [-0.3, -0.25) is 9.55 Å². The van der Waals surface area contributed by atoms with Gasteiger partial charge < -0.3 is 0 Å². The number of hydrogen-bond donors (Lipinski definition) is 1. The number of aromatic amines is 1. The Morgan fingerprint density at radius 3 is 2.78 bits per heavy atom. The highest BCUT2D eigenvalue weighted by Gasteiger charge is 2.32. The van der Waals surface area contributed by atoms with Gasteiger partial charge in [0.15, 0.2) is 9.84 Å². The van der Waals surface area contributed by atoms with E-state index in [2.05, 4.69) is 4.98 Å². The van der Waals surface area contributed by atoms with E-state index in [1.54, 1.807) is 4.57 Å². The van der Waals surface area contributed by atoms with E-state index in [0.717, 1.165) is 30.5 Å². The van der Waals surface area contributed by atoms with Crippen molar-refractivity contribution in [2.75, 3.05) is 11.5 Å². The second-order valence-electron chi connectivity index (χ2n) is 4.96. The summed E-state index contributed by atoms with van der Waals surface area (Å²) in [5, 5.41) is 0. The van der Waals surface area contributed by atoms with Gasteiger partial charge in [-0.1, -0.05) is 12.2 Å². The molecule has 2 heterocycles. The van der Waals surface area contributed by atoms with Crippen molar-refractivity contribution in [3.63, 3.8) is 0 Å². The van der Waals surface area contributed by atoms with E-state index in [1.807, 2.05) is 0 Å². The predicted molar refractivity (Wildman–Crippen MR) is 70.2 cm³/mol. The molecule has 5 nitrogen and oxygen atoms in total. The van der Waals surface area contributed by atoms with Crippen LogP contribution in [-0.4, -0.2) is 29.5 Å². The van der Waals surface area contributed by atoms with Gasteiger partial charge in [-0.25, -0.2) is 13.2 Å². The summed E-state index contributed by atoms with van der Waals surface area (Å²) in [6.45, 7) is 0. The van der Waals surface area contributed by atoms with Crippen molar-refractivity contribution in [3.05, 3.63) is 26.4 Å². The third kappa shape index (κ3) is 1.85. The van der Waals surface area contributed by atoms with Crippen molar-refractivity contribution < 1.29 is 8.42 Å². The fourth-order valence-electron chi connectivity index (χ4n) is 2.96. The Morgan fingerprint density at radius 2 is 2.11 bits per heavy atom. The number of nitrogens with one attached hydrogen (secondary N) is 1. The van der Waals surface area contributed by atoms with Crippen LogP contribution in [0, 0.1) is 4.64 Å². The number of fused-ring (bicyclic) bond motifs is 1. The van der Waals surface area contributed by atoms with Crippen LogP contribution in [0.25, 0.3) is 0 Å². The first kappa shape index (κ1) is 12.1. The molecule has 0 radical (unpaired) electrons. The molecule has 18 heavy (non-hydrogen) atoms. The Labute approximate surface area is 110 Å². The van der Waals surface area contributed by atoms with Crippen LogP contribution >= 0.6 is 12.2 Å². The lowest BCUT2D eigenvalue weighted by Crippen LogP contribution is -2.31. The fraction of sp³-hybridized carbons (Fsp3) is 0.636. The SMILES string of the molecule is O=c1[nH]c(=S)c2c(n1[C@H]1CCS(=O)(=O)C1)CCC2. The molecule has 1 saturated heterocycles. The standard InChI is InChI=1S/C11H14N2O3S2/c14-11-12-10(17)8-2-1-3-9(8)13(11)7-4-5-18(15,16)6-7/h7H,1-6H2,(H,12,14,17)/t7-/m0/s1. The summed E-state index contributed by atoms with van der Waals surface area (Å²) in [5.41, 5.74) is 1.71. The lowest BCUT2D eigenvalue weighted by atomic mass is 10.2. The van der Waals surface area contributed by atoms with Crippen LogP contribution in [0.4, 0.5) is 0 Å². The zero-order chi connectivity index (χ0) is 12.9. The Kier molecular flexibility index (Phi) is 2.71. The minimum absolute atomic E-state index is 0.0734. The summed E-state index contributed by atoms with van der Waals surface area (Å²) in [6.07, 6.45) is 3.21. The van der Waals surface area contributed by atoms with Crippen LogP contribution in [0.15, 0.2) is 4.79 Å². The minimum Gasteiger partial charge on any atom is -0.298 e. The average Bonchev–Trinajstić information content (AvgIpc) is 2.85. The number of sulfone groups is 1. The molecule has 0 saturated carbocycles. The molecular weight excluding hydrogens is 272 g/mol. The molecule has 0 bridgehead atoms. The second-order valence-corrected chi connectivity index (χ2v) is 7.60. The minimum atomic E-state index is -2.99. The van der Waals surface area contributed by atoms with Gasteiger partial charge >= 0.3 is 5.69 Å². The maximum Gasteiger partial charge on any atom is 0.327 e. The Morgan fingerprint density at radius 1 is 1.33 bits per heavy atom. The van der Waals surface area contributed by atoms with E-state index in [0.29, 0.717) is 11.1 Å². The fourth-order valence-corrected chi connectivity index (χ4v) is 4.97. The highest BCUT2D eigenvalue weighted by Crippen LogP contribution is 2.28. The second kappa shape index (κ2) is 4.03. The predicted octanol–water partition coefficient (Wildman–Crippen LogP) is 0.754. The molecule has 1 aromatic rings. The number of H-pyrrole nitrogens is 1. The lowest BCUT2D eigenvalue weighted by molar-refractivity contribution is 0.507. The molecule has 1 aromatic heterocycles. The van der Waals surface area contributed by atoms with Gasteiger partial charge in [0.25, 0.3) is 0 Å². The van der Waals surface area contributed by atoms with Gasteiger partial charge in [0.05, 0.1) is 17.5 Å². The monoisotopic (exact) mass is 286 g/mol. The number of nitrogens with zero attached hydrogens (tertiary/aromatic N) is 1. The highest BCUT2D eigenvalue weighted by atomic mass is 32.2. The summed E-state index contributed by atoms with van der Waals surface area (Å²) in [7, 11) is -2.99. The van der Waals surface area contributed by atoms with Gasteiger partial charge in [-0.05, 0) is 25.7 Å². The molecule has 98 valence electrons. The average molecular weight is 286 g/mol. The number of aromatic nitrogens is 2. The lowest BCUT2D eigenvalue weighted by Gasteiger charge is -2.17. The zero-order valence-corrected chi connectivity index (χ0v) is 11.4. The maximum atomic E-state index is 12.0. The first-order valence-electron chi connectivity index (χ1n) is 6.05. The molecule has 1 atom stereocenters. The first-order valence-corrected chi connectivity index (χ1v) is 8.28. The largest absolute Gasteiger partial charge is 0.327 e. The van der Waals surface area contributed by atoms with Crippen molar-refractivity contribution in [1.29, 1.82) is 0 Å². The molecule has 2 aliphatic rings. The molecule has 1 N–H and O–H groups in total. The molecule has 1 fully saturated rings. The molecule has 7 heteroatoms. The molecule has 1 aliphatic carbocycles. The molecule has 0 unspecified atom stereocenters. The van der Waals surface area contributed by atoms with E-state index in [9.17, 15) is 13.2 Å². The molecular formula is C11H14N2O3S2. The normalized spacial score (nSPS) is 25.2. The number of hydrogen-bond acceptors (Lipinski definition) is 4. The van der Waals surface area contributed by atoms with Crippen molar-refractivity contribution in [3.8, 4) is 0 Å². The number of rotatable bonds is 1. The summed E-state index contributed by atoms with van der Waals surface area (Å²) >= 11 is 5.16. The van der Waals surface area contributed by atoms with Crippen molar-refractivity contribution in [1.82, 2.24) is 9.55 Å². The van der Waals surface area contributed by atoms with Crippen molar-refractivity contribution >= 4 is 22.1 Å². The summed E-state index contributed by atoms with van der Waals surface area (Å²) in [6, 6.07) is -0.221. The third-order valence-electron chi connectivity index (χ3n) is 3.77. The van der Waals surface area contributed by atoms with E-state index in [1.165, 1.54) is 0 Å². The van der Waals surface area contributed by atoms with Crippen molar-refractivity contribution in [2.45, 2.75) is 31.7 Å². The Balaban J connectivity index is 2.17. The first-order chi connectivity index (χ1) is 8.48. The molecule has 0 amide bonds. The van der Waals surface area contributed by atoms with Gasteiger partial charge in [0.2, 0.25) is 0 Å². The molecule has 0 spiro atoms. The van der Waals surface area contributed by atoms with Crippen LogP contribution in [0.5, 0.6) is 0 Å². The quantitative estimate of drug-likeness (QED) is 0.773. The van der Waals surface area contributed by atoms with Crippen molar-refractivity contribution in [2.24, 2.45) is 0 Å². The van der Waals surface area contributed by atoms with E-state index < -0.39 is 9.84 Å². The zero-order valence-electron chi connectivity index (χ0n) is 9.81. The van der Waals surface area contributed by atoms with Crippen LogP contribution in [-0.2, 0) is 22.7 Å². The smallest absolute Gasteiger partial charge is 0.298 e. The summed E-state index contributed by atoms with van der Waals surface area (Å²) in [5.74, 6) is 0.248. The van der Waals surface area contributed by atoms with Gasteiger partial charge in [-0.15, -0.1) is 0 Å². The van der Waals surface area contributed by atoms with E-state index in [4.69, 9.17) is 12.2 Å². The van der Waals surface area contributed by atoms with E-state index >= 15 is 0 Å². The Bertz CT molecular complexity index is 715.